The predicted octanol–water partition coefficient (Wildman–Crippen LogP) is 2.21. The minimum Gasteiger partial charge on any atom is -0.395 e. The smallest absolute Gasteiger partial charge is 0.255 e. The SMILES string of the molecule is CCN(CCO)C(=O)c1cccc(C)c1Br. The van der Waals surface area contributed by atoms with Gasteiger partial charge in [-0.25, -0.2) is 0 Å². The molecule has 0 atom stereocenters. The molecule has 0 aliphatic heterocycles. The lowest BCUT2D eigenvalue weighted by atomic mass is 10.1. The normalized spacial score (nSPS) is 10.2. The number of aliphatic hydroxyl groups is 1. The van der Waals surface area contributed by atoms with E-state index in [0.717, 1.165) is 10.0 Å². The first-order valence-electron chi connectivity index (χ1n) is 5.27. The minimum atomic E-state index is -0.0490. The van der Waals surface area contributed by atoms with E-state index in [1.165, 1.54) is 0 Å². The van der Waals surface area contributed by atoms with Crippen molar-refractivity contribution >= 4 is 21.8 Å². The molecule has 0 fully saturated rings. The van der Waals surface area contributed by atoms with Crippen LogP contribution in [0.25, 0.3) is 0 Å². The first-order valence-corrected chi connectivity index (χ1v) is 6.06. The lowest BCUT2D eigenvalue weighted by Crippen LogP contribution is -2.33. The summed E-state index contributed by atoms with van der Waals surface area (Å²) in [6.45, 7) is 4.80. The average molecular weight is 286 g/mol. The summed E-state index contributed by atoms with van der Waals surface area (Å²) < 4.78 is 0.830. The second-order valence-electron chi connectivity index (χ2n) is 3.54. The topological polar surface area (TPSA) is 40.5 Å². The number of likely N-dealkylation sites (N-methyl/N-ethyl adjacent to an activating group) is 1. The highest BCUT2D eigenvalue weighted by atomic mass is 79.9. The fourth-order valence-electron chi connectivity index (χ4n) is 1.51. The number of aryl methyl sites for hydroxylation is 1. The highest BCUT2D eigenvalue weighted by molar-refractivity contribution is 9.10. The molecule has 16 heavy (non-hydrogen) atoms. The van der Waals surface area contributed by atoms with Crippen LogP contribution in [0.15, 0.2) is 22.7 Å². The Morgan fingerprint density at radius 3 is 2.75 bits per heavy atom. The zero-order valence-electron chi connectivity index (χ0n) is 9.53. The third kappa shape index (κ3) is 2.83. The predicted molar refractivity (Wildman–Crippen MR) is 67.5 cm³/mol. The van der Waals surface area contributed by atoms with Gasteiger partial charge in [0.15, 0.2) is 0 Å². The van der Waals surface area contributed by atoms with Crippen LogP contribution in [0.1, 0.15) is 22.8 Å². The van der Waals surface area contributed by atoms with Crippen molar-refractivity contribution < 1.29 is 9.90 Å². The van der Waals surface area contributed by atoms with E-state index >= 15 is 0 Å². The summed E-state index contributed by atoms with van der Waals surface area (Å²) in [5, 5.41) is 8.88. The Morgan fingerprint density at radius 2 is 2.19 bits per heavy atom. The Kier molecular flexibility index (Phi) is 4.96. The maximum absolute atomic E-state index is 12.1. The van der Waals surface area contributed by atoms with Crippen LogP contribution in [-0.2, 0) is 0 Å². The van der Waals surface area contributed by atoms with E-state index in [9.17, 15) is 4.79 Å². The lowest BCUT2D eigenvalue weighted by Gasteiger charge is -2.20. The Labute approximate surface area is 104 Å². The molecule has 88 valence electrons. The molecular weight excluding hydrogens is 270 g/mol. The molecule has 0 radical (unpaired) electrons. The largest absolute Gasteiger partial charge is 0.395 e. The fourth-order valence-corrected chi connectivity index (χ4v) is 1.94. The Bertz CT molecular complexity index is 379. The van der Waals surface area contributed by atoms with Crippen LogP contribution in [0.5, 0.6) is 0 Å². The van der Waals surface area contributed by atoms with E-state index in [4.69, 9.17) is 5.11 Å². The van der Waals surface area contributed by atoms with Gasteiger partial charge in [0, 0.05) is 17.6 Å². The van der Waals surface area contributed by atoms with Gasteiger partial charge < -0.3 is 10.0 Å². The number of rotatable bonds is 4. The molecule has 0 aliphatic rings. The maximum Gasteiger partial charge on any atom is 0.255 e. The van der Waals surface area contributed by atoms with Crippen molar-refractivity contribution in [1.82, 2.24) is 4.90 Å². The average Bonchev–Trinajstić information content (AvgIpc) is 2.29. The van der Waals surface area contributed by atoms with Crippen LogP contribution in [0, 0.1) is 6.92 Å². The molecule has 4 heteroatoms. The highest BCUT2D eigenvalue weighted by Crippen LogP contribution is 2.22. The molecular formula is C12H16BrNO2. The molecule has 1 rings (SSSR count). The van der Waals surface area contributed by atoms with Crippen molar-refractivity contribution in [2.75, 3.05) is 19.7 Å². The summed E-state index contributed by atoms with van der Waals surface area (Å²) in [7, 11) is 0. The molecule has 1 aromatic carbocycles. The van der Waals surface area contributed by atoms with E-state index in [1.807, 2.05) is 26.0 Å². The molecule has 0 aromatic heterocycles. The number of benzene rings is 1. The Hall–Kier alpha value is -0.870. The number of nitrogens with zero attached hydrogens (tertiary/aromatic N) is 1. The van der Waals surface area contributed by atoms with E-state index in [-0.39, 0.29) is 12.5 Å². The van der Waals surface area contributed by atoms with Gasteiger partial charge >= 0.3 is 0 Å². The van der Waals surface area contributed by atoms with Gasteiger partial charge in [-0.1, -0.05) is 12.1 Å². The Morgan fingerprint density at radius 1 is 1.50 bits per heavy atom. The summed E-state index contributed by atoms with van der Waals surface area (Å²) in [6, 6.07) is 5.60. The van der Waals surface area contributed by atoms with Crippen LogP contribution in [0.3, 0.4) is 0 Å². The molecule has 1 amide bonds. The van der Waals surface area contributed by atoms with Gasteiger partial charge in [-0.15, -0.1) is 0 Å². The van der Waals surface area contributed by atoms with Crippen molar-refractivity contribution in [3.8, 4) is 0 Å². The van der Waals surface area contributed by atoms with Gasteiger partial charge in [0.1, 0.15) is 0 Å². The fraction of sp³-hybridized carbons (Fsp3) is 0.417. The van der Waals surface area contributed by atoms with Gasteiger partial charge in [0.05, 0.1) is 12.2 Å². The molecule has 1 aromatic rings. The van der Waals surface area contributed by atoms with Crippen LogP contribution < -0.4 is 0 Å². The standard InChI is InChI=1S/C12H16BrNO2/c1-3-14(7-8-15)12(16)10-6-4-5-9(2)11(10)13/h4-6,15H,3,7-8H2,1-2H3. The van der Waals surface area contributed by atoms with Crippen molar-refractivity contribution in [1.29, 1.82) is 0 Å². The molecule has 1 N–H and O–H groups in total. The van der Waals surface area contributed by atoms with Crippen LogP contribution in [0.2, 0.25) is 0 Å². The number of hydrogen-bond donors (Lipinski definition) is 1. The van der Waals surface area contributed by atoms with E-state index < -0.39 is 0 Å². The number of amides is 1. The zero-order valence-corrected chi connectivity index (χ0v) is 11.1. The number of aliphatic hydroxyl groups excluding tert-OH is 1. The summed E-state index contributed by atoms with van der Waals surface area (Å²) in [6.07, 6.45) is 0. The lowest BCUT2D eigenvalue weighted by molar-refractivity contribution is 0.0731. The summed E-state index contributed by atoms with van der Waals surface area (Å²) in [4.78, 5) is 13.7. The van der Waals surface area contributed by atoms with E-state index in [0.29, 0.717) is 18.7 Å². The van der Waals surface area contributed by atoms with Gasteiger partial charge in [-0.3, -0.25) is 4.79 Å². The molecule has 0 bridgehead atoms. The van der Waals surface area contributed by atoms with Crippen molar-refractivity contribution in [3.63, 3.8) is 0 Å². The van der Waals surface area contributed by atoms with Crippen LogP contribution in [-0.4, -0.2) is 35.6 Å². The molecule has 0 heterocycles. The third-order valence-electron chi connectivity index (χ3n) is 2.46. The van der Waals surface area contributed by atoms with E-state index in [1.54, 1.807) is 11.0 Å². The number of carbonyl (C=O) groups is 1. The first kappa shape index (κ1) is 13.2. The molecule has 0 spiro atoms. The van der Waals surface area contributed by atoms with Crippen molar-refractivity contribution in [2.24, 2.45) is 0 Å². The maximum atomic E-state index is 12.1. The van der Waals surface area contributed by atoms with Gasteiger partial charge in [-0.2, -0.15) is 0 Å². The number of hydrogen-bond acceptors (Lipinski definition) is 2. The third-order valence-corrected chi connectivity index (χ3v) is 3.51. The quantitative estimate of drug-likeness (QED) is 0.922. The molecule has 0 aliphatic carbocycles. The second kappa shape index (κ2) is 6.01. The summed E-state index contributed by atoms with van der Waals surface area (Å²) in [5.41, 5.74) is 1.68. The number of carbonyl (C=O) groups excluding carboxylic acids is 1. The van der Waals surface area contributed by atoms with E-state index in [2.05, 4.69) is 15.9 Å². The summed E-state index contributed by atoms with van der Waals surface area (Å²) >= 11 is 3.42. The number of halogens is 1. The summed E-state index contributed by atoms with van der Waals surface area (Å²) in [5.74, 6) is -0.0490. The molecule has 3 nitrogen and oxygen atoms in total. The zero-order chi connectivity index (χ0) is 12.1. The second-order valence-corrected chi connectivity index (χ2v) is 4.34. The van der Waals surface area contributed by atoms with Crippen LogP contribution in [0.4, 0.5) is 0 Å². The monoisotopic (exact) mass is 285 g/mol. The minimum absolute atomic E-state index is 0.0109. The molecule has 0 unspecified atom stereocenters. The van der Waals surface area contributed by atoms with Crippen molar-refractivity contribution in [3.05, 3.63) is 33.8 Å². The van der Waals surface area contributed by atoms with Crippen LogP contribution >= 0.6 is 15.9 Å². The molecule has 0 saturated heterocycles. The molecule has 0 saturated carbocycles. The highest BCUT2D eigenvalue weighted by Gasteiger charge is 2.16. The Balaban J connectivity index is 2.99. The van der Waals surface area contributed by atoms with Gasteiger partial charge in [-0.05, 0) is 41.4 Å². The first-order chi connectivity index (χ1) is 7.61. The van der Waals surface area contributed by atoms with Gasteiger partial charge in [0.25, 0.3) is 5.91 Å². The van der Waals surface area contributed by atoms with Gasteiger partial charge in [0.2, 0.25) is 0 Å². The van der Waals surface area contributed by atoms with Crippen molar-refractivity contribution in [2.45, 2.75) is 13.8 Å².